The maximum absolute atomic E-state index is 13.1. The average Bonchev–Trinajstić information content (AvgIpc) is 2.76. The van der Waals surface area contributed by atoms with Gasteiger partial charge in [0.15, 0.2) is 9.84 Å². The number of aryl methyl sites for hydroxylation is 4. The van der Waals surface area contributed by atoms with Crippen molar-refractivity contribution in [3.05, 3.63) is 86.2 Å². The van der Waals surface area contributed by atoms with Crippen LogP contribution in [-0.4, -0.2) is 24.1 Å². The second kappa shape index (κ2) is 10.6. The Morgan fingerprint density at radius 2 is 1.63 bits per heavy atom. The molecule has 0 amide bonds. The minimum absolute atomic E-state index is 0.163. The number of sulfone groups is 1. The van der Waals surface area contributed by atoms with Crippen LogP contribution < -0.4 is 0 Å². The lowest BCUT2D eigenvalue weighted by Crippen LogP contribution is -2.11. The van der Waals surface area contributed by atoms with E-state index in [0.717, 1.165) is 24.1 Å². The van der Waals surface area contributed by atoms with Gasteiger partial charge in [0.1, 0.15) is 0 Å². The van der Waals surface area contributed by atoms with Crippen LogP contribution in [0.25, 0.3) is 11.1 Å². The third kappa shape index (κ3) is 6.45. The highest BCUT2D eigenvalue weighted by atomic mass is 32.2. The van der Waals surface area contributed by atoms with Crippen molar-refractivity contribution in [3.63, 3.8) is 0 Å². The summed E-state index contributed by atoms with van der Waals surface area (Å²) in [6, 6.07) is 9.63. The van der Waals surface area contributed by atoms with Crippen molar-refractivity contribution in [2.24, 2.45) is 0 Å². The van der Waals surface area contributed by atoms with Crippen LogP contribution >= 0.6 is 0 Å². The maximum Gasteiger partial charge on any atom is 0.416 e. The molecule has 0 aliphatic carbocycles. The monoisotopic (exact) mass is 508 g/mol. The first-order chi connectivity index (χ1) is 16.1. The first-order valence-corrected chi connectivity index (χ1v) is 12.3. The number of pyridine rings is 1. The van der Waals surface area contributed by atoms with E-state index >= 15 is 0 Å². The van der Waals surface area contributed by atoms with Crippen molar-refractivity contribution in [3.8, 4) is 11.1 Å². The molecule has 3 rings (SSSR count). The van der Waals surface area contributed by atoms with Crippen molar-refractivity contribution in [1.82, 2.24) is 4.98 Å². The summed E-state index contributed by atoms with van der Waals surface area (Å²) in [7, 11) is -3.02. The average molecular weight is 509 g/mol. The molecule has 1 heterocycles. The summed E-state index contributed by atoms with van der Waals surface area (Å²) >= 11 is 0. The quantitative estimate of drug-likeness (QED) is 0.289. The Morgan fingerprint density at radius 1 is 1.00 bits per heavy atom. The van der Waals surface area contributed by atoms with Crippen LogP contribution in [0, 0.1) is 44.7 Å². The molecular weight excluding hydrogens is 481 g/mol. The molecule has 0 aliphatic rings. The van der Waals surface area contributed by atoms with Crippen LogP contribution in [-0.2, 0) is 16.0 Å². The van der Waals surface area contributed by atoms with Gasteiger partial charge >= 0.3 is 6.18 Å². The molecule has 0 bridgehead atoms. The fourth-order valence-electron chi connectivity index (χ4n) is 3.63. The fraction of sp³-hybridized carbons (Fsp3) is 0.320. The molecule has 1 aromatic heterocycles. The van der Waals surface area contributed by atoms with Gasteiger partial charge in [-0.25, -0.2) is 8.42 Å². The molecule has 35 heavy (non-hydrogen) atoms. The Hall–Kier alpha value is -3.27. The fourth-order valence-corrected chi connectivity index (χ4v) is 4.61. The molecule has 10 heteroatoms. The van der Waals surface area contributed by atoms with Gasteiger partial charge in [-0.1, -0.05) is 19.1 Å². The molecule has 0 radical (unpaired) electrons. The second-order valence-electron chi connectivity index (χ2n) is 8.21. The molecule has 0 aliphatic heterocycles. The molecule has 0 spiro atoms. The zero-order valence-corrected chi connectivity index (χ0v) is 21.1. The number of aromatic nitrogens is 1. The van der Waals surface area contributed by atoms with Gasteiger partial charge in [0.05, 0.1) is 26.7 Å². The number of rotatable bonds is 4. The largest absolute Gasteiger partial charge is 0.416 e. The van der Waals surface area contributed by atoms with Gasteiger partial charge < -0.3 is 0 Å². The summed E-state index contributed by atoms with van der Waals surface area (Å²) in [5, 5.41) is 11.5. The van der Waals surface area contributed by atoms with Crippen molar-refractivity contribution < 1.29 is 26.5 Å². The van der Waals surface area contributed by atoms with Crippen molar-refractivity contribution >= 4 is 15.5 Å². The molecule has 3 aromatic rings. The highest BCUT2D eigenvalue weighted by molar-refractivity contribution is 7.91. The lowest BCUT2D eigenvalue weighted by atomic mass is 9.91. The van der Waals surface area contributed by atoms with E-state index in [1.807, 2.05) is 13.0 Å². The van der Waals surface area contributed by atoms with Gasteiger partial charge in [-0.3, -0.25) is 15.1 Å². The molecule has 0 saturated carbocycles. The van der Waals surface area contributed by atoms with Crippen molar-refractivity contribution in [1.29, 1.82) is 0 Å². The maximum atomic E-state index is 13.1. The molecule has 188 valence electrons. The smallest absolute Gasteiger partial charge is 0.261 e. The van der Waals surface area contributed by atoms with E-state index in [0.29, 0.717) is 16.2 Å². The van der Waals surface area contributed by atoms with Crippen LogP contribution in [0.15, 0.2) is 47.5 Å². The third-order valence-electron chi connectivity index (χ3n) is 5.46. The Balaban J connectivity index is 0.000000303. The minimum Gasteiger partial charge on any atom is -0.261 e. The van der Waals surface area contributed by atoms with E-state index in [-0.39, 0.29) is 22.4 Å². The molecule has 0 unspecified atom stereocenters. The summed E-state index contributed by atoms with van der Waals surface area (Å²) in [4.78, 5) is 15.3. The number of nitro benzene ring substituents is 1. The molecule has 0 atom stereocenters. The van der Waals surface area contributed by atoms with Gasteiger partial charge in [0.2, 0.25) is 0 Å². The van der Waals surface area contributed by atoms with E-state index in [2.05, 4.69) is 4.98 Å². The van der Waals surface area contributed by atoms with E-state index in [4.69, 9.17) is 0 Å². The number of alkyl halides is 3. The Morgan fingerprint density at radius 3 is 2.14 bits per heavy atom. The second-order valence-corrected chi connectivity index (χ2v) is 10.5. The minimum atomic E-state index is -4.64. The normalized spacial score (nSPS) is 11.6. The Labute approximate surface area is 202 Å². The topological polar surface area (TPSA) is 90.2 Å². The first kappa shape index (κ1) is 28.0. The van der Waals surface area contributed by atoms with Crippen LogP contribution in [0.3, 0.4) is 0 Å². The molecule has 0 fully saturated rings. The van der Waals surface area contributed by atoms with Gasteiger partial charge in [-0.2, -0.15) is 13.2 Å². The molecular formula is C25H27F3N2O4S. The van der Waals surface area contributed by atoms with E-state index < -0.39 is 32.2 Å². The highest BCUT2D eigenvalue weighted by Gasteiger charge is 2.37. The number of benzene rings is 2. The van der Waals surface area contributed by atoms with Crippen LogP contribution in [0.4, 0.5) is 18.9 Å². The van der Waals surface area contributed by atoms with Gasteiger partial charge in [-0.15, -0.1) is 0 Å². The lowest BCUT2D eigenvalue weighted by Gasteiger charge is -2.17. The Kier molecular flexibility index (Phi) is 8.43. The van der Waals surface area contributed by atoms with Crippen LogP contribution in [0.5, 0.6) is 0 Å². The van der Waals surface area contributed by atoms with Gasteiger partial charge in [0, 0.05) is 23.0 Å². The van der Waals surface area contributed by atoms with Gasteiger partial charge in [0.25, 0.3) is 5.69 Å². The number of nitrogens with zero attached hydrogens (tertiary/aromatic N) is 2. The molecule has 0 N–H and O–H groups in total. The zero-order chi connectivity index (χ0) is 26.7. The zero-order valence-electron chi connectivity index (χ0n) is 20.3. The van der Waals surface area contributed by atoms with Crippen molar-refractivity contribution in [2.45, 2.75) is 52.6 Å². The standard InChI is InChI=1S/C16H15F3N2O2.C9H12O2S/c1-8-5-12(11(4)20-7-8)14-9(2)6-13(16(17,18)19)10(3)15(14)21(22)23;1-3-12(10,11)9-6-4-5-8(2)7-9/h5-7H,1-4H3;4-7H,3H2,1-2H3. The van der Waals surface area contributed by atoms with Crippen LogP contribution in [0.1, 0.15) is 40.4 Å². The summed E-state index contributed by atoms with van der Waals surface area (Å²) in [5.41, 5.74) is 1.26. The summed E-state index contributed by atoms with van der Waals surface area (Å²) in [6.45, 7) is 9.55. The van der Waals surface area contributed by atoms with E-state index in [1.54, 1.807) is 51.2 Å². The van der Waals surface area contributed by atoms with Gasteiger partial charge in [-0.05, 0) is 75.6 Å². The molecule has 2 aromatic carbocycles. The van der Waals surface area contributed by atoms with E-state index in [1.165, 1.54) is 6.92 Å². The van der Waals surface area contributed by atoms with Crippen molar-refractivity contribution in [2.75, 3.05) is 5.75 Å². The predicted octanol–water partition coefficient (Wildman–Crippen LogP) is 6.70. The number of nitro groups is 1. The summed E-state index contributed by atoms with van der Waals surface area (Å²) < 4.78 is 62.1. The van der Waals surface area contributed by atoms with E-state index in [9.17, 15) is 31.7 Å². The highest BCUT2D eigenvalue weighted by Crippen LogP contribution is 2.43. The summed E-state index contributed by atoms with van der Waals surface area (Å²) in [5.74, 6) is 0.163. The summed E-state index contributed by atoms with van der Waals surface area (Å²) in [6.07, 6.45) is -3.03. The van der Waals surface area contributed by atoms with Crippen LogP contribution in [0.2, 0.25) is 0 Å². The Bertz CT molecular complexity index is 1370. The number of hydrogen-bond acceptors (Lipinski definition) is 5. The molecule has 6 nitrogen and oxygen atoms in total. The predicted molar refractivity (Wildman–Crippen MR) is 129 cm³/mol. The third-order valence-corrected chi connectivity index (χ3v) is 7.19. The SMILES string of the molecule is CCS(=O)(=O)c1cccc(C)c1.Cc1cnc(C)c(-c2c(C)cc(C(F)(F)F)c(C)c2[N+](=O)[O-])c1. The number of hydrogen-bond donors (Lipinski definition) is 0. The first-order valence-electron chi connectivity index (χ1n) is 10.7. The molecule has 0 saturated heterocycles. The lowest BCUT2D eigenvalue weighted by molar-refractivity contribution is -0.385. The number of halogens is 3.